The van der Waals surface area contributed by atoms with Crippen LogP contribution >= 0.6 is 0 Å². The quantitative estimate of drug-likeness (QED) is 0.840. The average Bonchev–Trinajstić information content (AvgIpc) is 3.47. The van der Waals surface area contributed by atoms with Gasteiger partial charge >= 0.3 is 0 Å². The van der Waals surface area contributed by atoms with Crippen LogP contribution in [0, 0.1) is 11.7 Å². The second kappa shape index (κ2) is 6.67. The van der Waals surface area contributed by atoms with Gasteiger partial charge in [-0.3, -0.25) is 0 Å². The zero-order valence-corrected chi connectivity index (χ0v) is 13.4. The maximum Gasteiger partial charge on any atom is 0.225 e. The number of aromatic nitrogens is 4. The van der Waals surface area contributed by atoms with Crippen molar-refractivity contribution in [2.24, 2.45) is 5.92 Å². The van der Waals surface area contributed by atoms with E-state index in [9.17, 15) is 4.39 Å². The predicted molar refractivity (Wildman–Crippen MR) is 86.4 cm³/mol. The van der Waals surface area contributed by atoms with E-state index in [0.29, 0.717) is 30.3 Å². The molecule has 6 nitrogen and oxygen atoms in total. The smallest absolute Gasteiger partial charge is 0.225 e. The van der Waals surface area contributed by atoms with Crippen molar-refractivity contribution in [2.75, 3.05) is 24.6 Å². The number of nitrogens with zero attached hydrogens (tertiary/aromatic N) is 5. The Morgan fingerprint density at radius 1 is 1.04 bits per heavy atom. The van der Waals surface area contributed by atoms with Gasteiger partial charge in [0.2, 0.25) is 11.8 Å². The Kier molecular flexibility index (Phi) is 4.23. The van der Waals surface area contributed by atoms with E-state index in [1.165, 1.54) is 25.2 Å². The summed E-state index contributed by atoms with van der Waals surface area (Å²) in [5, 5.41) is 0. The molecule has 2 fully saturated rings. The van der Waals surface area contributed by atoms with Crippen LogP contribution < -0.4 is 9.64 Å². The monoisotopic (exact) mass is 329 g/mol. The molecule has 0 spiro atoms. The second-order valence-electron chi connectivity index (χ2n) is 6.50. The molecule has 2 aromatic rings. The van der Waals surface area contributed by atoms with E-state index in [-0.39, 0.29) is 0 Å². The molecule has 0 aromatic carbocycles. The summed E-state index contributed by atoms with van der Waals surface area (Å²) in [5.74, 6) is 1.96. The molecule has 1 saturated carbocycles. The lowest BCUT2D eigenvalue weighted by Crippen LogP contribution is -2.36. The molecule has 2 aromatic heterocycles. The van der Waals surface area contributed by atoms with E-state index in [4.69, 9.17) is 4.74 Å². The number of hydrogen-bond donors (Lipinski definition) is 0. The zero-order valence-electron chi connectivity index (χ0n) is 13.4. The first kappa shape index (κ1) is 15.2. The first-order valence-corrected chi connectivity index (χ1v) is 8.45. The Morgan fingerprint density at radius 2 is 1.79 bits per heavy atom. The lowest BCUT2D eigenvalue weighted by atomic mass is 9.98. The summed E-state index contributed by atoms with van der Waals surface area (Å²) in [6, 6.07) is 1.97. The summed E-state index contributed by atoms with van der Waals surface area (Å²) >= 11 is 0. The van der Waals surface area contributed by atoms with Crippen LogP contribution in [0.3, 0.4) is 0 Å². The molecule has 0 bridgehead atoms. The van der Waals surface area contributed by atoms with Crippen LogP contribution in [-0.4, -0.2) is 39.6 Å². The molecule has 24 heavy (non-hydrogen) atoms. The van der Waals surface area contributed by atoms with E-state index in [1.807, 2.05) is 6.07 Å². The van der Waals surface area contributed by atoms with Gasteiger partial charge in [-0.25, -0.2) is 24.3 Å². The molecule has 0 atom stereocenters. The lowest BCUT2D eigenvalue weighted by Gasteiger charge is -2.31. The van der Waals surface area contributed by atoms with Crippen molar-refractivity contribution in [3.05, 3.63) is 36.3 Å². The highest BCUT2D eigenvalue weighted by Crippen LogP contribution is 2.39. The highest BCUT2D eigenvalue weighted by atomic mass is 19.1. The van der Waals surface area contributed by atoms with Crippen LogP contribution in [-0.2, 0) is 0 Å². The molecule has 126 valence electrons. The maximum atomic E-state index is 12.9. The average molecular weight is 329 g/mol. The third-order valence-electron chi connectivity index (χ3n) is 4.63. The summed E-state index contributed by atoms with van der Waals surface area (Å²) in [6.07, 6.45) is 8.47. The van der Waals surface area contributed by atoms with Gasteiger partial charge in [-0.2, -0.15) is 0 Å². The number of halogens is 1. The van der Waals surface area contributed by atoms with E-state index in [0.717, 1.165) is 31.6 Å². The van der Waals surface area contributed by atoms with Crippen molar-refractivity contribution in [2.45, 2.75) is 31.6 Å². The van der Waals surface area contributed by atoms with Crippen molar-refractivity contribution >= 4 is 5.95 Å². The summed E-state index contributed by atoms with van der Waals surface area (Å²) in [5.41, 5.74) is 1.10. The first-order valence-electron chi connectivity index (χ1n) is 8.45. The van der Waals surface area contributed by atoms with Crippen LogP contribution in [0.5, 0.6) is 5.88 Å². The fourth-order valence-corrected chi connectivity index (χ4v) is 3.01. The highest BCUT2D eigenvalue weighted by Gasteiger charge is 2.26. The topological polar surface area (TPSA) is 64.0 Å². The minimum absolute atomic E-state index is 0.405. The maximum absolute atomic E-state index is 12.9. The molecule has 0 radical (unpaired) electrons. The number of hydrogen-bond acceptors (Lipinski definition) is 6. The van der Waals surface area contributed by atoms with Gasteiger partial charge in [0.15, 0.2) is 5.82 Å². The van der Waals surface area contributed by atoms with E-state index in [2.05, 4.69) is 24.8 Å². The standard InChI is InChI=1S/C17H20FN5O/c18-14-8-19-17(20-9-14)23-5-3-12(4-6-23)10-24-16-7-15(13-1-2-13)21-11-22-16/h7-9,11-13H,1-6,10H2. The number of ether oxygens (including phenoxy) is 1. The van der Waals surface area contributed by atoms with E-state index < -0.39 is 5.82 Å². The normalized spacial score (nSPS) is 18.6. The van der Waals surface area contributed by atoms with Gasteiger partial charge in [-0.05, 0) is 31.6 Å². The van der Waals surface area contributed by atoms with Crippen LogP contribution in [0.1, 0.15) is 37.3 Å². The minimum atomic E-state index is -0.405. The molecule has 7 heteroatoms. The predicted octanol–water partition coefficient (Wildman–Crippen LogP) is 2.58. The fourth-order valence-electron chi connectivity index (χ4n) is 3.01. The van der Waals surface area contributed by atoms with Crippen molar-refractivity contribution < 1.29 is 9.13 Å². The Hall–Kier alpha value is -2.31. The van der Waals surface area contributed by atoms with Gasteiger partial charge < -0.3 is 9.64 Å². The van der Waals surface area contributed by atoms with E-state index in [1.54, 1.807) is 6.33 Å². The van der Waals surface area contributed by atoms with Gasteiger partial charge in [-0.1, -0.05) is 0 Å². The van der Waals surface area contributed by atoms with Gasteiger partial charge in [0.05, 0.1) is 24.7 Å². The number of piperidine rings is 1. The highest BCUT2D eigenvalue weighted by molar-refractivity contribution is 5.29. The molecule has 4 rings (SSSR count). The van der Waals surface area contributed by atoms with Crippen LogP contribution in [0.25, 0.3) is 0 Å². The van der Waals surface area contributed by atoms with Crippen LogP contribution in [0.15, 0.2) is 24.8 Å². The van der Waals surface area contributed by atoms with Crippen LogP contribution in [0.4, 0.5) is 10.3 Å². The molecular weight excluding hydrogens is 309 g/mol. The van der Waals surface area contributed by atoms with Crippen molar-refractivity contribution in [3.8, 4) is 5.88 Å². The minimum Gasteiger partial charge on any atom is -0.477 e. The van der Waals surface area contributed by atoms with Crippen molar-refractivity contribution in [1.82, 2.24) is 19.9 Å². The van der Waals surface area contributed by atoms with E-state index >= 15 is 0 Å². The summed E-state index contributed by atoms with van der Waals surface area (Å²) in [4.78, 5) is 18.7. The third kappa shape index (κ3) is 3.60. The Balaban J connectivity index is 1.27. The molecule has 2 aliphatic rings. The molecule has 1 aliphatic carbocycles. The van der Waals surface area contributed by atoms with Gasteiger partial charge in [0, 0.05) is 25.1 Å². The molecule has 1 aliphatic heterocycles. The zero-order chi connectivity index (χ0) is 16.4. The second-order valence-corrected chi connectivity index (χ2v) is 6.50. The summed E-state index contributed by atoms with van der Waals surface area (Å²) in [6.45, 7) is 2.38. The Bertz CT molecular complexity index is 684. The summed E-state index contributed by atoms with van der Waals surface area (Å²) in [7, 11) is 0. The van der Waals surface area contributed by atoms with Crippen LogP contribution in [0.2, 0.25) is 0 Å². The largest absolute Gasteiger partial charge is 0.477 e. The molecule has 0 unspecified atom stereocenters. The first-order chi connectivity index (χ1) is 11.8. The number of anilines is 1. The molecule has 0 N–H and O–H groups in total. The molecule has 1 saturated heterocycles. The molecule has 3 heterocycles. The van der Waals surface area contributed by atoms with Gasteiger partial charge in [0.25, 0.3) is 0 Å². The Morgan fingerprint density at radius 3 is 2.50 bits per heavy atom. The summed E-state index contributed by atoms with van der Waals surface area (Å²) < 4.78 is 18.8. The Labute approximate surface area is 140 Å². The molecular formula is C17H20FN5O. The molecule has 0 amide bonds. The lowest BCUT2D eigenvalue weighted by molar-refractivity contribution is 0.215. The number of rotatable bonds is 5. The van der Waals surface area contributed by atoms with Gasteiger partial charge in [-0.15, -0.1) is 0 Å². The fraction of sp³-hybridized carbons (Fsp3) is 0.529. The van der Waals surface area contributed by atoms with Crippen molar-refractivity contribution in [3.63, 3.8) is 0 Å². The van der Waals surface area contributed by atoms with Crippen molar-refractivity contribution in [1.29, 1.82) is 0 Å². The third-order valence-corrected chi connectivity index (χ3v) is 4.63. The van der Waals surface area contributed by atoms with Gasteiger partial charge in [0.1, 0.15) is 6.33 Å². The SMILES string of the molecule is Fc1cnc(N2CCC(COc3cc(C4CC4)ncn3)CC2)nc1.